The Hall–Kier alpha value is -0.570. The van der Waals surface area contributed by atoms with Crippen molar-refractivity contribution in [1.29, 1.82) is 0 Å². The minimum Gasteiger partial charge on any atom is -0.480 e. The van der Waals surface area contributed by atoms with Crippen LogP contribution in [0.25, 0.3) is 0 Å². The van der Waals surface area contributed by atoms with E-state index >= 15 is 0 Å². The van der Waals surface area contributed by atoms with Gasteiger partial charge in [0.05, 0.1) is 0 Å². The van der Waals surface area contributed by atoms with E-state index in [2.05, 4.69) is 20.8 Å². The van der Waals surface area contributed by atoms with Crippen LogP contribution < -0.4 is 0 Å². The summed E-state index contributed by atoms with van der Waals surface area (Å²) >= 11 is 0. The number of aliphatic carboxylic acids is 1. The first kappa shape index (κ1) is 15.5. The highest BCUT2D eigenvalue weighted by Crippen LogP contribution is 2.37. The highest BCUT2D eigenvalue weighted by atomic mass is 16.4. The summed E-state index contributed by atoms with van der Waals surface area (Å²) in [6.45, 7) is 8.75. The van der Waals surface area contributed by atoms with Gasteiger partial charge in [-0.05, 0) is 51.0 Å². The van der Waals surface area contributed by atoms with E-state index in [1.54, 1.807) is 6.92 Å². The lowest BCUT2D eigenvalue weighted by molar-refractivity contribution is -0.143. The normalized spacial score (nSPS) is 27.9. The molecule has 0 aromatic rings. The molecule has 1 rings (SSSR count). The van der Waals surface area contributed by atoms with Crippen molar-refractivity contribution in [2.75, 3.05) is 7.05 Å². The van der Waals surface area contributed by atoms with Crippen molar-refractivity contribution in [3.05, 3.63) is 0 Å². The highest BCUT2D eigenvalue weighted by Gasteiger charge is 2.31. The monoisotopic (exact) mass is 255 g/mol. The summed E-state index contributed by atoms with van der Waals surface area (Å²) in [6.07, 6.45) is 6.01. The summed E-state index contributed by atoms with van der Waals surface area (Å²) in [4.78, 5) is 13.1. The van der Waals surface area contributed by atoms with E-state index in [9.17, 15) is 4.79 Å². The van der Waals surface area contributed by atoms with Crippen LogP contribution in [0.15, 0.2) is 0 Å². The third kappa shape index (κ3) is 3.98. The van der Waals surface area contributed by atoms with Gasteiger partial charge in [-0.2, -0.15) is 0 Å². The van der Waals surface area contributed by atoms with Crippen molar-refractivity contribution in [3.63, 3.8) is 0 Å². The molecule has 1 aliphatic rings. The summed E-state index contributed by atoms with van der Waals surface area (Å²) in [7, 11) is 1.96. The van der Waals surface area contributed by atoms with Crippen molar-refractivity contribution in [2.24, 2.45) is 11.3 Å². The minimum absolute atomic E-state index is 0.374. The van der Waals surface area contributed by atoms with E-state index in [-0.39, 0.29) is 6.04 Å². The molecule has 0 aliphatic heterocycles. The number of carbonyl (C=O) groups is 1. The Balaban J connectivity index is 2.59. The number of hydrogen-bond acceptors (Lipinski definition) is 2. The second kappa shape index (κ2) is 6.05. The molecule has 0 saturated heterocycles. The van der Waals surface area contributed by atoms with Crippen molar-refractivity contribution in [1.82, 2.24) is 4.90 Å². The van der Waals surface area contributed by atoms with Crippen molar-refractivity contribution in [2.45, 2.75) is 71.9 Å². The van der Waals surface area contributed by atoms with Gasteiger partial charge in [-0.25, -0.2) is 0 Å². The average Bonchev–Trinajstić information content (AvgIpc) is 2.51. The van der Waals surface area contributed by atoms with Gasteiger partial charge in [-0.15, -0.1) is 0 Å². The Morgan fingerprint density at radius 3 is 2.33 bits per heavy atom. The fourth-order valence-electron chi connectivity index (χ4n) is 3.05. The Morgan fingerprint density at radius 2 is 1.83 bits per heavy atom. The van der Waals surface area contributed by atoms with Crippen LogP contribution in [0.2, 0.25) is 0 Å². The summed E-state index contributed by atoms with van der Waals surface area (Å²) in [5.74, 6) is 0.0603. The number of hydrogen-bond donors (Lipinski definition) is 1. The van der Waals surface area contributed by atoms with Gasteiger partial charge in [0, 0.05) is 6.04 Å². The quantitative estimate of drug-likeness (QED) is 0.786. The summed E-state index contributed by atoms with van der Waals surface area (Å²) < 4.78 is 0. The predicted octanol–water partition coefficient (Wildman–Crippen LogP) is 3.39. The third-order valence-corrected chi connectivity index (χ3v) is 4.71. The van der Waals surface area contributed by atoms with Crippen LogP contribution in [0.1, 0.15) is 59.8 Å². The molecule has 0 heterocycles. The summed E-state index contributed by atoms with van der Waals surface area (Å²) in [6, 6.07) is 0.0598. The number of likely N-dealkylation sites (N-methyl/N-ethyl adjacent to an activating group) is 1. The van der Waals surface area contributed by atoms with Gasteiger partial charge in [0.25, 0.3) is 0 Å². The summed E-state index contributed by atoms with van der Waals surface area (Å²) in [5.41, 5.74) is 0.381. The molecule has 1 aliphatic carbocycles. The van der Waals surface area contributed by atoms with Crippen molar-refractivity contribution < 1.29 is 9.90 Å². The van der Waals surface area contributed by atoms with Crippen LogP contribution in [-0.4, -0.2) is 35.1 Å². The molecular weight excluding hydrogens is 226 g/mol. The first-order valence-corrected chi connectivity index (χ1v) is 7.18. The van der Waals surface area contributed by atoms with Gasteiger partial charge in [0.2, 0.25) is 0 Å². The molecule has 18 heavy (non-hydrogen) atoms. The zero-order valence-corrected chi connectivity index (χ0v) is 12.6. The molecule has 3 heteroatoms. The van der Waals surface area contributed by atoms with Gasteiger partial charge < -0.3 is 5.11 Å². The van der Waals surface area contributed by atoms with Gasteiger partial charge in [-0.1, -0.05) is 27.2 Å². The lowest BCUT2D eigenvalue weighted by Gasteiger charge is -2.32. The van der Waals surface area contributed by atoms with E-state index < -0.39 is 5.97 Å². The van der Waals surface area contributed by atoms with Crippen LogP contribution >= 0.6 is 0 Å². The van der Waals surface area contributed by atoms with Crippen LogP contribution in [-0.2, 0) is 4.79 Å². The average molecular weight is 255 g/mol. The number of carboxylic acids is 1. The predicted molar refractivity (Wildman–Crippen MR) is 74.7 cm³/mol. The first-order valence-electron chi connectivity index (χ1n) is 7.18. The lowest BCUT2D eigenvalue weighted by Crippen LogP contribution is -2.42. The zero-order chi connectivity index (χ0) is 13.9. The third-order valence-electron chi connectivity index (χ3n) is 4.71. The van der Waals surface area contributed by atoms with Gasteiger partial charge in [0.15, 0.2) is 0 Å². The van der Waals surface area contributed by atoms with E-state index in [1.165, 1.54) is 19.3 Å². The van der Waals surface area contributed by atoms with Crippen LogP contribution in [0.5, 0.6) is 0 Å². The Kier molecular flexibility index (Phi) is 5.20. The van der Waals surface area contributed by atoms with E-state index in [1.807, 2.05) is 11.9 Å². The molecule has 0 spiro atoms. The second-order valence-corrected chi connectivity index (χ2v) is 6.90. The number of carboxylic acid groups (broad SMARTS) is 1. The summed E-state index contributed by atoms with van der Waals surface area (Å²) in [5, 5.41) is 9.09. The van der Waals surface area contributed by atoms with Gasteiger partial charge in [0.1, 0.15) is 6.04 Å². The molecule has 0 amide bonds. The number of nitrogens with zero attached hydrogens (tertiary/aromatic N) is 1. The molecule has 106 valence electrons. The van der Waals surface area contributed by atoms with E-state index in [4.69, 9.17) is 5.11 Å². The van der Waals surface area contributed by atoms with Gasteiger partial charge >= 0.3 is 5.97 Å². The molecule has 0 aromatic heterocycles. The first-order chi connectivity index (χ1) is 8.23. The lowest BCUT2D eigenvalue weighted by atomic mass is 9.76. The van der Waals surface area contributed by atoms with Crippen molar-refractivity contribution in [3.8, 4) is 0 Å². The standard InChI is InChI=1S/C15H29NO2/c1-11(14(17)18)16(5)13-8-6-7-12(9-10-13)15(2,3)4/h11-13H,6-10H2,1-5H3,(H,17,18). The SMILES string of the molecule is CC(C(=O)O)N(C)C1CCCC(C(C)(C)C)CC1. The molecule has 3 atom stereocenters. The van der Waals surface area contributed by atoms with Gasteiger partial charge in [-0.3, -0.25) is 9.69 Å². The smallest absolute Gasteiger partial charge is 0.320 e. The van der Waals surface area contributed by atoms with Crippen molar-refractivity contribution >= 4 is 5.97 Å². The largest absolute Gasteiger partial charge is 0.480 e. The fraction of sp³-hybridized carbons (Fsp3) is 0.933. The molecule has 1 saturated carbocycles. The van der Waals surface area contributed by atoms with Crippen LogP contribution in [0.3, 0.4) is 0 Å². The molecule has 1 N–H and O–H groups in total. The Morgan fingerprint density at radius 1 is 1.22 bits per heavy atom. The molecule has 0 bridgehead atoms. The molecule has 0 radical (unpaired) electrons. The van der Waals surface area contributed by atoms with E-state index in [0.29, 0.717) is 11.5 Å². The molecular formula is C15H29NO2. The Labute approximate surface area is 112 Å². The van der Waals surface area contributed by atoms with E-state index in [0.717, 1.165) is 18.8 Å². The maximum absolute atomic E-state index is 11.1. The molecule has 0 aromatic carbocycles. The fourth-order valence-corrected chi connectivity index (χ4v) is 3.05. The second-order valence-electron chi connectivity index (χ2n) is 6.90. The zero-order valence-electron chi connectivity index (χ0n) is 12.6. The highest BCUT2D eigenvalue weighted by molar-refractivity contribution is 5.72. The Bertz CT molecular complexity index is 283. The maximum Gasteiger partial charge on any atom is 0.320 e. The minimum atomic E-state index is -0.714. The molecule has 1 fully saturated rings. The van der Waals surface area contributed by atoms with Crippen LogP contribution in [0, 0.1) is 11.3 Å². The van der Waals surface area contributed by atoms with Crippen LogP contribution in [0.4, 0.5) is 0 Å². The maximum atomic E-state index is 11.1. The number of rotatable bonds is 3. The molecule has 3 nitrogen and oxygen atoms in total. The topological polar surface area (TPSA) is 40.5 Å². The molecule has 3 unspecified atom stereocenters.